The van der Waals surface area contributed by atoms with E-state index < -0.39 is 10.5 Å². The van der Waals surface area contributed by atoms with Crippen LogP contribution in [0.15, 0.2) is 23.1 Å². The largest absolute Gasteiger partial charge is 0.346 e. The highest BCUT2D eigenvalue weighted by molar-refractivity contribution is 7.98. The van der Waals surface area contributed by atoms with Crippen molar-refractivity contribution in [2.75, 3.05) is 12.8 Å². The number of hydrogen-bond donors (Lipinski definition) is 2. The number of nitrogens with zero attached hydrogens (tertiary/aromatic N) is 1. The zero-order chi connectivity index (χ0) is 16.9. The SMILES string of the molecule is CSc1ccc(C(=O)NC(C)(CN)CC(C)C)cc1[N+](=O)[O-].Cl. The number of carbonyl (C=O) groups excluding carboxylic acids is 1. The standard InChI is InChI=1S/C15H23N3O3S.ClH/c1-10(2)8-15(3,9-16)17-14(19)11-5-6-13(22-4)12(7-11)18(20)21;/h5-7,10H,8-9,16H2,1-4H3,(H,17,19);1H. The van der Waals surface area contributed by atoms with Gasteiger partial charge < -0.3 is 11.1 Å². The zero-order valence-corrected chi connectivity index (χ0v) is 15.4. The molecule has 0 aliphatic carbocycles. The van der Waals surface area contributed by atoms with E-state index in [0.29, 0.717) is 17.4 Å². The van der Waals surface area contributed by atoms with Crippen LogP contribution < -0.4 is 11.1 Å². The van der Waals surface area contributed by atoms with Crippen LogP contribution in [-0.2, 0) is 0 Å². The molecule has 1 aromatic carbocycles. The Balaban J connectivity index is 0.00000484. The molecule has 0 fully saturated rings. The van der Waals surface area contributed by atoms with E-state index in [1.807, 2.05) is 6.92 Å². The predicted molar refractivity (Wildman–Crippen MR) is 96.5 cm³/mol. The number of halogens is 1. The summed E-state index contributed by atoms with van der Waals surface area (Å²) in [6.07, 6.45) is 2.50. The van der Waals surface area contributed by atoms with Crippen LogP contribution in [0.4, 0.5) is 5.69 Å². The second kappa shape index (κ2) is 9.10. The summed E-state index contributed by atoms with van der Waals surface area (Å²) < 4.78 is 0. The molecule has 1 atom stereocenters. The van der Waals surface area contributed by atoms with Crippen LogP contribution in [0, 0.1) is 16.0 Å². The van der Waals surface area contributed by atoms with Gasteiger partial charge >= 0.3 is 0 Å². The first-order valence-electron chi connectivity index (χ1n) is 7.07. The van der Waals surface area contributed by atoms with Gasteiger partial charge in [-0.15, -0.1) is 24.2 Å². The predicted octanol–water partition coefficient (Wildman–Crippen LogP) is 3.23. The molecule has 0 bridgehead atoms. The van der Waals surface area contributed by atoms with Crippen molar-refractivity contribution >= 4 is 35.8 Å². The molecule has 1 amide bonds. The minimum absolute atomic E-state index is 0. The van der Waals surface area contributed by atoms with Crippen molar-refractivity contribution in [1.29, 1.82) is 0 Å². The second-order valence-corrected chi connectivity index (χ2v) is 6.81. The summed E-state index contributed by atoms with van der Waals surface area (Å²) in [5.74, 6) is 0.0337. The summed E-state index contributed by atoms with van der Waals surface area (Å²) in [7, 11) is 0. The lowest BCUT2D eigenvalue weighted by Crippen LogP contribution is -2.52. The molecule has 23 heavy (non-hydrogen) atoms. The maximum absolute atomic E-state index is 12.4. The van der Waals surface area contributed by atoms with E-state index in [-0.39, 0.29) is 29.6 Å². The van der Waals surface area contributed by atoms with Gasteiger partial charge in [-0.25, -0.2) is 0 Å². The summed E-state index contributed by atoms with van der Waals surface area (Å²) in [6, 6.07) is 4.51. The number of nitrogens with one attached hydrogen (secondary N) is 1. The van der Waals surface area contributed by atoms with E-state index in [1.165, 1.54) is 17.8 Å². The number of hydrogen-bond acceptors (Lipinski definition) is 5. The molecule has 0 saturated carbocycles. The van der Waals surface area contributed by atoms with Crippen molar-refractivity contribution in [3.05, 3.63) is 33.9 Å². The number of thioether (sulfide) groups is 1. The van der Waals surface area contributed by atoms with E-state index in [9.17, 15) is 14.9 Å². The molecule has 0 heterocycles. The summed E-state index contributed by atoms with van der Waals surface area (Å²) in [5.41, 5.74) is 5.46. The highest BCUT2D eigenvalue weighted by atomic mass is 35.5. The van der Waals surface area contributed by atoms with E-state index in [0.717, 1.165) is 6.42 Å². The number of nitro benzene ring substituents is 1. The molecular weight excluding hydrogens is 338 g/mol. The Bertz CT molecular complexity index is 569. The van der Waals surface area contributed by atoms with Crippen molar-refractivity contribution in [2.45, 2.75) is 37.6 Å². The van der Waals surface area contributed by atoms with Gasteiger partial charge in [0.25, 0.3) is 11.6 Å². The lowest BCUT2D eigenvalue weighted by atomic mass is 9.90. The Kier molecular flexibility index (Phi) is 8.58. The number of nitro groups is 1. The first kappa shape index (κ1) is 21.7. The van der Waals surface area contributed by atoms with Crippen molar-refractivity contribution in [3.8, 4) is 0 Å². The van der Waals surface area contributed by atoms with Gasteiger partial charge in [-0.05, 0) is 37.7 Å². The fourth-order valence-corrected chi connectivity index (χ4v) is 2.95. The van der Waals surface area contributed by atoms with Crippen molar-refractivity contribution in [3.63, 3.8) is 0 Å². The third kappa shape index (κ3) is 6.01. The number of carbonyl (C=O) groups is 1. The molecule has 1 unspecified atom stereocenters. The first-order valence-corrected chi connectivity index (χ1v) is 8.30. The maximum atomic E-state index is 12.4. The van der Waals surface area contributed by atoms with Crippen LogP contribution in [0.1, 0.15) is 37.6 Å². The molecule has 3 N–H and O–H groups in total. The highest BCUT2D eigenvalue weighted by Crippen LogP contribution is 2.28. The average Bonchev–Trinajstić information content (AvgIpc) is 2.45. The lowest BCUT2D eigenvalue weighted by Gasteiger charge is -2.31. The first-order chi connectivity index (χ1) is 10.2. The Morgan fingerprint density at radius 1 is 1.48 bits per heavy atom. The van der Waals surface area contributed by atoms with Crippen molar-refractivity contribution in [1.82, 2.24) is 5.32 Å². The van der Waals surface area contributed by atoms with Crippen LogP contribution >= 0.6 is 24.2 Å². The summed E-state index contributed by atoms with van der Waals surface area (Å²) >= 11 is 1.28. The minimum Gasteiger partial charge on any atom is -0.346 e. The maximum Gasteiger partial charge on any atom is 0.283 e. The monoisotopic (exact) mass is 361 g/mol. The highest BCUT2D eigenvalue weighted by Gasteiger charge is 2.27. The van der Waals surface area contributed by atoms with E-state index in [1.54, 1.807) is 18.4 Å². The van der Waals surface area contributed by atoms with E-state index in [4.69, 9.17) is 5.73 Å². The topological polar surface area (TPSA) is 98.3 Å². The number of amides is 1. The summed E-state index contributed by atoms with van der Waals surface area (Å²) in [6.45, 7) is 6.30. The van der Waals surface area contributed by atoms with Crippen LogP contribution in [-0.4, -0.2) is 29.2 Å². The molecule has 0 saturated heterocycles. The molecule has 8 heteroatoms. The Morgan fingerprint density at radius 3 is 2.52 bits per heavy atom. The lowest BCUT2D eigenvalue weighted by molar-refractivity contribution is -0.387. The normalized spacial score (nSPS) is 13.1. The molecule has 6 nitrogen and oxygen atoms in total. The molecule has 1 rings (SSSR count). The number of rotatable bonds is 7. The molecule has 1 aromatic rings. The zero-order valence-electron chi connectivity index (χ0n) is 13.8. The third-order valence-electron chi connectivity index (χ3n) is 3.36. The second-order valence-electron chi connectivity index (χ2n) is 5.96. The van der Waals surface area contributed by atoms with E-state index >= 15 is 0 Å². The van der Waals surface area contributed by atoms with Gasteiger partial charge in [0.05, 0.1) is 9.82 Å². The van der Waals surface area contributed by atoms with Gasteiger partial charge in [0.1, 0.15) is 0 Å². The average molecular weight is 362 g/mol. The number of benzene rings is 1. The smallest absolute Gasteiger partial charge is 0.283 e. The van der Waals surface area contributed by atoms with Gasteiger partial charge in [0.15, 0.2) is 0 Å². The molecule has 0 aromatic heterocycles. The van der Waals surface area contributed by atoms with Gasteiger partial charge in [0.2, 0.25) is 0 Å². The summed E-state index contributed by atoms with van der Waals surface area (Å²) in [4.78, 5) is 23.5. The van der Waals surface area contributed by atoms with Crippen LogP contribution in [0.5, 0.6) is 0 Å². The quantitative estimate of drug-likeness (QED) is 0.441. The Morgan fingerprint density at radius 2 is 2.09 bits per heavy atom. The molecule has 130 valence electrons. The van der Waals surface area contributed by atoms with E-state index in [2.05, 4.69) is 19.2 Å². The molecular formula is C15H24ClN3O3S. The third-order valence-corrected chi connectivity index (χ3v) is 4.15. The molecule has 0 radical (unpaired) electrons. The summed E-state index contributed by atoms with van der Waals surface area (Å²) in [5, 5.41) is 14.0. The molecule has 0 spiro atoms. The fraction of sp³-hybridized carbons (Fsp3) is 0.533. The van der Waals surface area contributed by atoms with Gasteiger partial charge in [-0.3, -0.25) is 14.9 Å². The fourth-order valence-electron chi connectivity index (χ4n) is 2.41. The Labute approximate surface area is 147 Å². The molecule has 0 aliphatic heterocycles. The van der Waals surface area contributed by atoms with Crippen LogP contribution in [0.2, 0.25) is 0 Å². The van der Waals surface area contributed by atoms with Crippen molar-refractivity contribution in [2.24, 2.45) is 11.7 Å². The minimum atomic E-state index is -0.530. The van der Waals surface area contributed by atoms with Gasteiger partial charge in [0, 0.05) is 23.7 Å². The van der Waals surface area contributed by atoms with Gasteiger partial charge in [-0.2, -0.15) is 0 Å². The number of nitrogens with two attached hydrogens (primary N) is 1. The molecule has 0 aliphatic rings. The van der Waals surface area contributed by atoms with Crippen LogP contribution in [0.3, 0.4) is 0 Å². The van der Waals surface area contributed by atoms with Gasteiger partial charge in [-0.1, -0.05) is 13.8 Å². The Hall–Kier alpha value is -1.31. The van der Waals surface area contributed by atoms with Crippen LogP contribution in [0.25, 0.3) is 0 Å². The van der Waals surface area contributed by atoms with Crippen molar-refractivity contribution < 1.29 is 9.72 Å².